The summed E-state index contributed by atoms with van der Waals surface area (Å²) in [5.74, 6) is -1.96. The Labute approximate surface area is 102 Å². The number of aryl methyl sites for hydroxylation is 1. The third-order valence-electron chi connectivity index (χ3n) is 2.83. The Morgan fingerprint density at radius 1 is 1.22 bits per heavy atom. The van der Waals surface area contributed by atoms with Gasteiger partial charge in [-0.25, -0.2) is 0 Å². The fraction of sp³-hybridized carbons (Fsp3) is 0.273. The van der Waals surface area contributed by atoms with Crippen LogP contribution in [0.2, 0.25) is 0 Å². The molecule has 1 aliphatic heterocycles. The maximum Gasteiger partial charge on any atom is 0.497 e. The molecule has 0 radical (unpaired) electrons. The van der Waals surface area contributed by atoms with Crippen LogP contribution < -0.4 is 4.90 Å². The zero-order valence-corrected chi connectivity index (χ0v) is 9.62. The van der Waals surface area contributed by atoms with E-state index in [0.29, 0.717) is 11.3 Å². The number of anilines is 1. The lowest BCUT2D eigenvalue weighted by Gasteiger charge is -2.23. The van der Waals surface area contributed by atoms with Crippen LogP contribution in [0.15, 0.2) is 18.2 Å². The largest absolute Gasteiger partial charge is 0.497 e. The van der Waals surface area contributed by atoms with Crippen LogP contribution >= 0.6 is 0 Å². The van der Waals surface area contributed by atoms with E-state index in [1.54, 1.807) is 6.07 Å². The van der Waals surface area contributed by atoms with E-state index < -0.39 is 25.1 Å². The highest BCUT2D eigenvalue weighted by Crippen LogP contribution is 2.31. The first kappa shape index (κ1) is 12.7. The topological polar surface area (TPSA) is 37.4 Å². The highest BCUT2D eigenvalue weighted by molar-refractivity contribution is 6.62. The van der Waals surface area contributed by atoms with Crippen molar-refractivity contribution in [2.75, 3.05) is 11.3 Å². The summed E-state index contributed by atoms with van der Waals surface area (Å²) in [5, 5.41) is 0. The minimum atomic E-state index is -5.16. The molecule has 0 bridgehead atoms. The molecule has 1 aromatic carbocycles. The molecule has 0 aromatic heterocycles. The number of benzene rings is 1. The first-order chi connectivity index (χ1) is 8.33. The molecular formula is C11H10BF3NO2-. The van der Waals surface area contributed by atoms with Gasteiger partial charge in [0.15, 0.2) is 0 Å². The van der Waals surface area contributed by atoms with Gasteiger partial charge in [0.05, 0.1) is 11.3 Å². The van der Waals surface area contributed by atoms with Crippen LogP contribution in [0.3, 0.4) is 0 Å². The van der Waals surface area contributed by atoms with E-state index in [-0.39, 0.29) is 11.3 Å². The molecule has 0 aliphatic carbocycles. The van der Waals surface area contributed by atoms with E-state index >= 15 is 0 Å². The van der Waals surface area contributed by atoms with Crippen molar-refractivity contribution in [3.63, 3.8) is 0 Å². The van der Waals surface area contributed by atoms with Crippen molar-refractivity contribution in [1.82, 2.24) is 0 Å². The predicted octanol–water partition coefficient (Wildman–Crippen LogP) is 2.16. The lowest BCUT2D eigenvalue weighted by Crippen LogP contribution is -2.41. The van der Waals surface area contributed by atoms with E-state index in [0.717, 1.165) is 5.56 Å². The monoisotopic (exact) mass is 256 g/mol. The number of Topliss-reactive ketones (excluding diaryl/α,β-unsaturated/α-hetero) is 1. The Balaban J connectivity index is 2.43. The molecule has 3 nitrogen and oxygen atoms in total. The van der Waals surface area contributed by atoms with Gasteiger partial charge in [-0.15, -0.1) is 0 Å². The Hall–Kier alpha value is -1.79. The molecule has 18 heavy (non-hydrogen) atoms. The smallest absolute Gasteiger partial charge is 0.448 e. The maximum atomic E-state index is 12.4. The average molecular weight is 256 g/mol. The summed E-state index contributed by atoms with van der Waals surface area (Å²) in [6, 6.07) is 4.51. The normalized spacial score (nSPS) is 15.2. The molecule has 0 fully saturated rings. The van der Waals surface area contributed by atoms with Crippen molar-refractivity contribution in [2.24, 2.45) is 0 Å². The van der Waals surface area contributed by atoms with E-state index in [2.05, 4.69) is 0 Å². The van der Waals surface area contributed by atoms with Gasteiger partial charge in [-0.3, -0.25) is 9.59 Å². The summed E-state index contributed by atoms with van der Waals surface area (Å²) < 4.78 is 37.2. The number of rotatable bonds is 3. The number of amides is 1. The Morgan fingerprint density at radius 3 is 2.44 bits per heavy atom. The van der Waals surface area contributed by atoms with E-state index in [4.69, 9.17) is 0 Å². The number of hydrogen-bond donors (Lipinski definition) is 0. The van der Waals surface area contributed by atoms with Crippen molar-refractivity contribution in [1.29, 1.82) is 0 Å². The zero-order chi connectivity index (χ0) is 13.5. The average Bonchev–Trinajstić information content (AvgIpc) is 2.52. The zero-order valence-electron chi connectivity index (χ0n) is 9.62. The fourth-order valence-electron chi connectivity index (χ4n) is 1.96. The number of carbonyl (C=O) groups is 2. The van der Waals surface area contributed by atoms with Crippen LogP contribution in [-0.4, -0.2) is 25.1 Å². The minimum Gasteiger partial charge on any atom is -0.448 e. The standard InChI is InChI=1S/C11H10BF3NO2/c1-2-7-3-4-9-8(5-7)10(17)11(18)16(9)6-12(13,14)15/h3-5H,2,6H2,1H3/q-1. The second-order valence-electron chi connectivity index (χ2n) is 4.16. The Morgan fingerprint density at radius 2 is 1.89 bits per heavy atom. The van der Waals surface area contributed by atoms with Gasteiger partial charge < -0.3 is 17.8 Å². The summed E-state index contributed by atoms with van der Waals surface area (Å²) in [4.78, 5) is 23.6. The van der Waals surface area contributed by atoms with Crippen molar-refractivity contribution < 1.29 is 22.5 Å². The molecule has 0 N–H and O–H groups in total. The molecule has 0 saturated carbocycles. The maximum absolute atomic E-state index is 12.4. The third kappa shape index (κ3) is 2.12. The van der Waals surface area contributed by atoms with Crippen molar-refractivity contribution in [3.05, 3.63) is 29.3 Å². The van der Waals surface area contributed by atoms with Crippen LogP contribution in [0, 0.1) is 0 Å². The summed E-state index contributed by atoms with van der Waals surface area (Å²) in [7, 11) is 0. The number of carbonyl (C=O) groups excluding carboxylic acids is 2. The van der Waals surface area contributed by atoms with Crippen molar-refractivity contribution in [2.45, 2.75) is 13.3 Å². The number of nitrogens with zero attached hydrogens (tertiary/aromatic N) is 1. The lowest BCUT2D eigenvalue weighted by atomic mass is 9.91. The predicted molar refractivity (Wildman–Crippen MR) is 61.6 cm³/mol. The fourth-order valence-corrected chi connectivity index (χ4v) is 1.96. The lowest BCUT2D eigenvalue weighted by molar-refractivity contribution is -0.114. The molecule has 1 amide bonds. The highest BCUT2D eigenvalue weighted by Gasteiger charge is 2.39. The van der Waals surface area contributed by atoms with Crippen LogP contribution in [0.1, 0.15) is 22.8 Å². The van der Waals surface area contributed by atoms with Crippen molar-refractivity contribution in [3.8, 4) is 0 Å². The number of fused-ring (bicyclic) bond motifs is 1. The molecule has 0 spiro atoms. The molecule has 1 aliphatic rings. The quantitative estimate of drug-likeness (QED) is 0.613. The molecule has 0 saturated heterocycles. The molecule has 1 aromatic rings. The summed E-state index contributed by atoms with van der Waals surface area (Å²) in [6.45, 7) is -3.30. The van der Waals surface area contributed by atoms with Crippen LogP contribution in [0.25, 0.3) is 0 Å². The van der Waals surface area contributed by atoms with Gasteiger partial charge in [0.2, 0.25) is 0 Å². The number of hydrogen-bond acceptors (Lipinski definition) is 2. The first-order valence-electron chi connectivity index (χ1n) is 5.53. The highest BCUT2D eigenvalue weighted by atomic mass is 19.4. The van der Waals surface area contributed by atoms with Crippen LogP contribution in [0.5, 0.6) is 0 Å². The second-order valence-corrected chi connectivity index (χ2v) is 4.16. The number of halogens is 3. The summed E-state index contributed by atoms with van der Waals surface area (Å²) in [5.41, 5.74) is 0.940. The molecule has 1 heterocycles. The van der Waals surface area contributed by atoms with Gasteiger partial charge in [0, 0.05) is 0 Å². The van der Waals surface area contributed by atoms with Gasteiger partial charge in [0.1, 0.15) is 0 Å². The molecular weight excluding hydrogens is 246 g/mol. The first-order valence-corrected chi connectivity index (χ1v) is 5.53. The molecule has 7 heteroatoms. The van der Waals surface area contributed by atoms with E-state index in [9.17, 15) is 22.5 Å². The van der Waals surface area contributed by atoms with E-state index in [1.807, 2.05) is 6.92 Å². The minimum absolute atomic E-state index is 0.0569. The molecule has 0 unspecified atom stereocenters. The third-order valence-corrected chi connectivity index (χ3v) is 2.83. The molecule has 2 rings (SSSR count). The van der Waals surface area contributed by atoms with Gasteiger partial charge in [0.25, 0.3) is 11.7 Å². The van der Waals surface area contributed by atoms with Gasteiger partial charge in [-0.2, -0.15) is 0 Å². The molecule has 0 atom stereocenters. The van der Waals surface area contributed by atoms with Crippen LogP contribution in [0.4, 0.5) is 18.6 Å². The summed E-state index contributed by atoms with van der Waals surface area (Å²) >= 11 is 0. The molecule has 96 valence electrons. The summed E-state index contributed by atoms with van der Waals surface area (Å²) in [6.07, 6.45) is -0.721. The van der Waals surface area contributed by atoms with Crippen molar-refractivity contribution >= 4 is 24.4 Å². The Kier molecular flexibility index (Phi) is 2.92. The number of ketones is 1. The van der Waals surface area contributed by atoms with Gasteiger partial charge >= 0.3 is 6.98 Å². The van der Waals surface area contributed by atoms with E-state index in [1.165, 1.54) is 12.1 Å². The van der Waals surface area contributed by atoms with Gasteiger partial charge in [-0.05, 0) is 30.6 Å². The second kappa shape index (κ2) is 4.15. The Bertz CT molecular complexity index is 528. The van der Waals surface area contributed by atoms with Gasteiger partial charge in [-0.1, -0.05) is 13.0 Å². The SMILES string of the molecule is CCc1ccc2c(c1)C(=O)C(=O)N2C[B-](F)(F)F. The van der Waals surface area contributed by atoms with Crippen LogP contribution in [-0.2, 0) is 11.2 Å².